The lowest BCUT2D eigenvalue weighted by Gasteiger charge is -2.00. The van der Waals surface area contributed by atoms with Crippen LogP contribution >= 0.6 is 0 Å². The van der Waals surface area contributed by atoms with Crippen LogP contribution in [-0.4, -0.2) is 21.1 Å². The van der Waals surface area contributed by atoms with Crippen LogP contribution in [0.4, 0.5) is 0 Å². The predicted molar refractivity (Wildman–Crippen MR) is 71.2 cm³/mol. The van der Waals surface area contributed by atoms with Gasteiger partial charge in [-0.25, -0.2) is 0 Å². The Hall–Kier alpha value is -2.75. The van der Waals surface area contributed by atoms with E-state index in [0.29, 0.717) is 5.56 Å². The van der Waals surface area contributed by atoms with Gasteiger partial charge in [0.15, 0.2) is 17.3 Å². The number of hydrogen-bond donors (Lipinski definition) is 3. The minimum Gasteiger partial charge on any atom is -0.507 e. The number of phenolic OH excluding ortho intramolecular Hbond substituents is 3. The third kappa shape index (κ3) is 2.93. The molecule has 0 radical (unpaired) electrons. The summed E-state index contributed by atoms with van der Waals surface area (Å²) in [4.78, 5) is 11.8. The van der Waals surface area contributed by atoms with Gasteiger partial charge < -0.3 is 15.3 Å². The minimum absolute atomic E-state index is 0.0781. The highest BCUT2D eigenvalue weighted by Crippen LogP contribution is 2.25. The molecule has 2 rings (SSSR count). The molecule has 2 aromatic carbocycles. The van der Waals surface area contributed by atoms with Crippen molar-refractivity contribution in [2.75, 3.05) is 0 Å². The molecule has 0 aliphatic carbocycles. The zero-order chi connectivity index (χ0) is 13.8. The van der Waals surface area contributed by atoms with Crippen molar-refractivity contribution in [3.63, 3.8) is 0 Å². The molecule has 0 aliphatic heterocycles. The fourth-order valence-electron chi connectivity index (χ4n) is 1.59. The van der Waals surface area contributed by atoms with Crippen molar-refractivity contribution in [3.05, 3.63) is 59.7 Å². The Morgan fingerprint density at radius 2 is 1.63 bits per heavy atom. The summed E-state index contributed by atoms with van der Waals surface area (Å²) in [6.45, 7) is 0. The third-order valence-corrected chi connectivity index (χ3v) is 2.60. The van der Waals surface area contributed by atoms with Gasteiger partial charge in [-0.05, 0) is 35.9 Å². The van der Waals surface area contributed by atoms with E-state index in [4.69, 9.17) is 5.11 Å². The van der Waals surface area contributed by atoms with E-state index in [1.54, 1.807) is 18.2 Å². The summed E-state index contributed by atoms with van der Waals surface area (Å²) in [5.74, 6) is -0.891. The molecule has 0 fully saturated rings. The summed E-state index contributed by atoms with van der Waals surface area (Å²) >= 11 is 0. The topological polar surface area (TPSA) is 77.8 Å². The normalized spacial score (nSPS) is 10.7. The number of allylic oxidation sites excluding steroid dienone is 1. The van der Waals surface area contributed by atoms with Crippen LogP contribution in [0.1, 0.15) is 15.9 Å². The Balaban J connectivity index is 2.21. The Morgan fingerprint density at radius 1 is 0.895 bits per heavy atom. The molecule has 0 unspecified atom stereocenters. The molecule has 0 aromatic heterocycles. The molecule has 0 spiro atoms. The summed E-state index contributed by atoms with van der Waals surface area (Å²) in [7, 11) is 0. The molecule has 0 saturated heterocycles. The van der Waals surface area contributed by atoms with Gasteiger partial charge in [0.25, 0.3) is 0 Å². The van der Waals surface area contributed by atoms with Crippen molar-refractivity contribution in [1.29, 1.82) is 0 Å². The number of phenols is 3. The molecule has 0 bridgehead atoms. The van der Waals surface area contributed by atoms with Crippen molar-refractivity contribution >= 4 is 11.9 Å². The molecule has 0 amide bonds. The summed E-state index contributed by atoms with van der Waals surface area (Å²) in [6.07, 6.45) is 2.79. The first kappa shape index (κ1) is 12.7. The molecule has 3 N–H and O–H groups in total. The highest BCUT2D eigenvalue weighted by Gasteiger charge is 2.06. The zero-order valence-corrected chi connectivity index (χ0v) is 9.95. The summed E-state index contributed by atoms with van der Waals surface area (Å²) < 4.78 is 0. The largest absolute Gasteiger partial charge is 0.507 e. The monoisotopic (exact) mass is 256 g/mol. The van der Waals surface area contributed by atoms with Gasteiger partial charge in [0, 0.05) is 0 Å². The molecule has 0 atom stereocenters. The predicted octanol–water partition coefficient (Wildman–Crippen LogP) is 2.70. The standard InChI is InChI=1S/C15H12O4/c16-12-4-2-1-3-11(12)13(17)7-5-10-6-8-14(18)15(19)9-10/h1-9,16,18-19H. The van der Waals surface area contributed by atoms with E-state index in [0.717, 1.165) is 0 Å². The zero-order valence-electron chi connectivity index (χ0n) is 9.95. The molecule has 2 aromatic rings. The van der Waals surface area contributed by atoms with Crippen molar-refractivity contribution in [1.82, 2.24) is 0 Å². The summed E-state index contributed by atoms with van der Waals surface area (Å²) in [5, 5.41) is 28.0. The summed E-state index contributed by atoms with van der Waals surface area (Å²) in [6, 6.07) is 10.5. The Bertz CT molecular complexity index is 644. The average Bonchev–Trinajstić information content (AvgIpc) is 2.40. The number of para-hydroxylation sites is 1. The van der Waals surface area contributed by atoms with E-state index in [1.165, 1.54) is 36.4 Å². The van der Waals surface area contributed by atoms with Gasteiger partial charge >= 0.3 is 0 Å². The van der Waals surface area contributed by atoms with Crippen molar-refractivity contribution in [2.45, 2.75) is 0 Å². The minimum atomic E-state index is -0.342. The fraction of sp³-hybridized carbons (Fsp3) is 0. The number of aromatic hydroxyl groups is 3. The second-order valence-electron chi connectivity index (χ2n) is 3.96. The van der Waals surface area contributed by atoms with E-state index in [9.17, 15) is 15.0 Å². The van der Waals surface area contributed by atoms with Crippen molar-refractivity contribution in [2.24, 2.45) is 0 Å². The van der Waals surface area contributed by atoms with E-state index in [-0.39, 0.29) is 28.6 Å². The molecular formula is C15H12O4. The molecule has 0 aliphatic rings. The first-order valence-electron chi connectivity index (χ1n) is 5.60. The molecule has 0 saturated carbocycles. The maximum atomic E-state index is 11.8. The van der Waals surface area contributed by atoms with Crippen molar-refractivity contribution < 1.29 is 20.1 Å². The Labute approximate surface area is 109 Å². The number of carbonyl (C=O) groups is 1. The highest BCUT2D eigenvalue weighted by atomic mass is 16.3. The molecular weight excluding hydrogens is 244 g/mol. The SMILES string of the molecule is O=C(C=Cc1ccc(O)c(O)c1)c1ccccc1O. The third-order valence-electron chi connectivity index (χ3n) is 2.60. The lowest BCUT2D eigenvalue weighted by atomic mass is 10.1. The van der Waals surface area contributed by atoms with Gasteiger partial charge in [0.05, 0.1) is 5.56 Å². The van der Waals surface area contributed by atoms with Gasteiger partial charge in [0.1, 0.15) is 5.75 Å². The quantitative estimate of drug-likeness (QED) is 0.448. The number of rotatable bonds is 3. The highest BCUT2D eigenvalue weighted by molar-refractivity contribution is 6.08. The fourth-order valence-corrected chi connectivity index (χ4v) is 1.59. The van der Waals surface area contributed by atoms with Crippen molar-refractivity contribution in [3.8, 4) is 17.2 Å². The second kappa shape index (κ2) is 5.27. The average molecular weight is 256 g/mol. The molecule has 19 heavy (non-hydrogen) atoms. The van der Waals surface area contributed by atoms with Crippen LogP contribution in [0.15, 0.2) is 48.5 Å². The van der Waals surface area contributed by atoms with Gasteiger partial charge in [0.2, 0.25) is 0 Å². The van der Waals surface area contributed by atoms with Crippen LogP contribution in [0.3, 0.4) is 0 Å². The second-order valence-corrected chi connectivity index (χ2v) is 3.96. The first-order valence-corrected chi connectivity index (χ1v) is 5.60. The van der Waals surface area contributed by atoms with Gasteiger partial charge in [-0.2, -0.15) is 0 Å². The molecule has 96 valence electrons. The van der Waals surface area contributed by atoms with Gasteiger partial charge in [-0.1, -0.05) is 24.3 Å². The van der Waals surface area contributed by atoms with E-state index in [2.05, 4.69) is 0 Å². The lowest BCUT2D eigenvalue weighted by molar-refractivity contribution is 0.104. The number of hydrogen-bond acceptors (Lipinski definition) is 4. The van der Waals surface area contributed by atoms with Crippen LogP contribution in [0.25, 0.3) is 6.08 Å². The Kier molecular flexibility index (Phi) is 3.52. The van der Waals surface area contributed by atoms with Gasteiger partial charge in [-0.3, -0.25) is 4.79 Å². The number of carbonyl (C=O) groups excluding carboxylic acids is 1. The van der Waals surface area contributed by atoms with Crippen LogP contribution in [0.5, 0.6) is 17.2 Å². The van der Waals surface area contributed by atoms with Crippen LogP contribution < -0.4 is 0 Å². The molecule has 0 heterocycles. The summed E-state index contributed by atoms with van der Waals surface area (Å²) in [5.41, 5.74) is 0.779. The first-order chi connectivity index (χ1) is 9.08. The Morgan fingerprint density at radius 3 is 2.32 bits per heavy atom. The lowest BCUT2D eigenvalue weighted by Crippen LogP contribution is -1.94. The van der Waals surface area contributed by atoms with Gasteiger partial charge in [-0.15, -0.1) is 0 Å². The maximum absolute atomic E-state index is 11.8. The molecule has 4 heteroatoms. The maximum Gasteiger partial charge on any atom is 0.189 e. The van der Waals surface area contributed by atoms with E-state index in [1.807, 2.05) is 0 Å². The van der Waals surface area contributed by atoms with Crippen LogP contribution in [0.2, 0.25) is 0 Å². The van der Waals surface area contributed by atoms with E-state index >= 15 is 0 Å². The smallest absolute Gasteiger partial charge is 0.189 e. The number of ketones is 1. The van der Waals surface area contributed by atoms with Crippen LogP contribution in [0, 0.1) is 0 Å². The van der Waals surface area contributed by atoms with Crippen LogP contribution in [-0.2, 0) is 0 Å². The van der Waals surface area contributed by atoms with E-state index < -0.39 is 0 Å². The molecule has 4 nitrogen and oxygen atoms in total. The number of benzene rings is 2.